The van der Waals surface area contributed by atoms with Crippen LogP contribution in [0.1, 0.15) is 17.4 Å². The molecule has 1 unspecified atom stereocenters. The second kappa shape index (κ2) is 4.89. The predicted molar refractivity (Wildman–Crippen MR) is 73.6 cm³/mol. The third-order valence-electron chi connectivity index (χ3n) is 3.12. The van der Waals surface area contributed by atoms with E-state index in [-0.39, 0.29) is 5.56 Å². The molecule has 0 spiro atoms. The Labute approximate surface area is 118 Å². The summed E-state index contributed by atoms with van der Waals surface area (Å²) in [7, 11) is 0. The molecule has 0 aliphatic carbocycles. The zero-order valence-electron chi connectivity index (χ0n) is 10.2. The molecule has 2 aromatic carbocycles. The van der Waals surface area contributed by atoms with Crippen LogP contribution >= 0.6 is 11.6 Å². The van der Waals surface area contributed by atoms with Gasteiger partial charge in [-0.05, 0) is 18.2 Å². The number of fused-ring (bicyclic) bond motifs is 1. The Morgan fingerprint density at radius 3 is 2.60 bits per heavy atom. The number of halogens is 3. The maximum Gasteiger partial charge on any atom is 0.152 e. The second-order valence-electron chi connectivity index (χ2n) is 4.45. The molecule has 0 bridgehead atoms. The van der Waals surface area contributed by atoms with Gasteiger partial charge in [0.25, 0.3) is 0 Å². The standard InChI is InChI=1S/C15H10ClF2NO/c16-11-3-1-2-8-6-13(20-15(8)11)14(19)10-5-4-9(17)7-12(10)18/h1-7,14H,19H2. The molecule has 0 aliphatic heterocycles. The molecule has 2 N–H and O–H groups in total. The van der Waals surface area contributed by atoms with E-state index in [2.05, 4.69) is 0 Å². The van der Waals surface area contributed by atoms with Gasteiger partial charge in [0.05, 0.1) is 11.1 Å². The highest BCUT2D eigenvalue weighted by Crippen LogP contribution is 2.31. The average Bonchev–Trinajstić information content (AvgIpc) is 2.83. The highest BCUT2D eigenvalue weighted by Gasteiger charge is 2.19. The minimum absolute atomic E-state index is 0.168. The Kier molecular flexibility index (Phi) is 3.20. The van der Waals surface area contributed by atoms with Crippen LogP contribution in [0.4, 0.5) is 8.78 Å². The molecule has 2 nitrogen and oxygen atoms in total. The van der Waals surface area contributed by atoms with E-state index >= 15 is 0 Å². The molecule has 1 atom stereocenters. The molecule has 5 heteroatoms. The maximum atomic E-state index is 13.7. The van der Waals surface area contributed by atoms with Crippen molar-refractivity contribution in [3.8, 4) is 0 Å². The summed E-state index contributed by atoms with van der Waals surface area (Å²) in [5.41, 5.74) is 6.65. The van der Waals surface area contributed by atoms with Gasteiger partial charge >= 0.3 is 0 Å². The molecule has 3 aromatic rings. The van der Waals surface area contributed by atoms with Gasteiger partial charge in [0, 0.05) is 17.0 Å². The van der Waals surface area contributed by atoms with Gasteiger partial charge in [0.1, 0.15) is 17.4 Å². The fourth-order valence-electron chi connectivity index (χ4n) is 2.11. The first kappa shape index (κ1) is 13.1. The zero-order valence-corrected chi connectivity index (χ0v) is 11.0. The number of nitrogens with two attached hydrogens (primary N) is 1. The maximum absolute atomic E-state index is 13.7. The largest absolute Gasteiger partial charge is 0.457 e. The fourth-order valence-corrected chi connectivity index (χ4v) is 2.33. The van der Waals surface area contributed by atoms with Crippen LogP contribution in [-0.4, -0.2) is 0 Å². The number of para-hydroxylation sites is 1. The van der Waals surface area contributed by atoms with Gasteiger partial charge in [0.2, 0.25) is 0 Å². The van der Waals surface area contributed by atoms with Crippen LogP contribution in [-0.2, 0) is 0 Å². The first-order valence-electron chi connectivity index (χ1n) is 5.95. The Hall–Kier alpha value is -1.91. The average molecular weight is 294 g/mol. The summed E-state index contributed by atoms with van der Waals surface area (Å²) >= 11 is 6.01. The summed E-state index contributed by atoms with van der Waals surface area (Å²) in [6, 6.07) is 9.45. The predicted octanol–water partition coefficient (Wildman–Crippen LogP) is 4.41. The van der Waals surface area contributed by atoms with Crippen molar-refractivity contribution in [3.63, 3.8) is 0 Å². The summed E-state index contributed by atoms with van der Waals surface area (Å²) in [5, 5.41) is 1.24. The highest BCUT2D eigenvalue weighted by atomic mass is 35.5. The van der Waals surface area contributed by atoms with Crippen molar-refractivity contribution in [2.24, 2.45) is 5.73 Å². The van der Waals surface area contributed by atoms with Crippen LogP contribution in [0.5, 0.6) is 0 Å². The quantitative estimate of drug-likeness (QED) is 0.760. The Morgan fingerprint density at radius 2 is 1.90 bits per heavy atom. The molecule has 0 aliphatic rings. The van der Waals surface area contributed by atoms with Crippen LogP contribution < -0.4 is 5.73 Å². The molecular formula is C15H10ClF2NO. The third kappa shape index (κ3) is 2.17. The number of hydrogen-bond acceptors (Lipinski definition) is 2. The number of benzene rings is 2. The minimum atomic E-state index is -0.820. The number of hydrogen-bond donors (Lipinski definition) is 1. The zero-order chi connectivity index (χ0) is 14.3. The minimum Gasteiger partial charge on any atom is -0.457 e. The number of rotatable bonds is 2. The highest BCUT2D eigenvalue weighted by molar-refractivity contribution is 6.34. The van der Waals surface area contributed by atoms with Gasteiger partial charge in [0.15, 0.2) is 5.58 Å². The smallest absolute Gasteiger partial charge is 0.152 e. The molecule has 3 rings (SSSR count). The van der Waals surface area contributed by atoms with Crippen molar-refractivity contribution in [2.45, 2.75) is 6.04 Å². The lowest BCUT2D eigenvalue weighted by atomic mass is 10.0. The topological polar surface area (TPSA) is 39.2 Å². The van der Waals surface area contributed by atoms with Crippen LogP contribution in [0.15, 0.2) is 46.9 Å². The van der Waals surface area contributed by atoms with Crippen LogP contribution in [0.25, 0.3) is 11.0 Å². The van der Waals surface area contributed by atoms with Crippen LogP contribution in [0.2, 0.25) is 5.02 Å². The summed E-state index contributed by atoms with van der Waals surface area (Å²) in [4.78, 5) is 0. The normalized spacial score (nSPS) is 12.8. The molecule has 1 heterocycles. The fraction of sp³-hybridized carbons (Fsp3) is 0.0667. The lowest BCUT2D eigenvalue weighted by Gasteiger charge is -2.10. The molecule has 0 saturated carbocycles. The molecule has 0 saturated heterocycles. The van der Waals surface area contributed by atoms with E-state index in [4.69, 9.17) is 21.8 Å². The monoisotopic (exact) mass is 293 g/mol. The van der Waals surface area contributed by atoms with Gasteiger partial charge in [-0.15, -0.1) is 0 Å². The lowest BCUT2D eigenvalue weighted by molar-refractivity contribution is 0.506. The molecule has 0 radical (unpaired) electrons. The van der Waals surface area contributed by atoms with Crippen molar-refractivity contribution in [1.29, 1.82) is 0 Å². The molecule has 1 aromatic heterocycles. The van der Waals surface area contributed by atoms with Gasteiger partial charge in [-0.25, -0.2) is 8.78 Å². The lowest BCUT2D eigenvalue weighted by Crippen LogP contribution is -2.12. The Bertz CT molecular complexity index is 785. The molecule has 20 heavy (non-hydrogen) atoms. The number of furan rings is 1. The van der Waals surface area contributed by atoms with Crippen LogP contribution in [0, 0.1) is 11.6 Å². The van der Waals surface area contributed by atoms with E-state index in [1.807, 2.05) is 6.07 Å². The van der Waals surface area contributed by atoms with Crippen molar-refractivity contribution >= 4 is 22.6 Å². The Morgan fingerprint density at radius 1 is 1.10 bits per heavy atom. The van der Waals surface area contributed by atoms with Crippen molar-refractivity contribution < 1.29 is 13.2 Å². The Balaban J connectivity index is 2.08. The van der Waals surface area contributed by atoms with Crippen molar-refractivity contribution in [3.05, 3.63) is 70.4 Å². The van der Waals surface area contributed by atoms with Crippen molar-refractivity contribution in [1.82, 2.24) is 0 Å². The SMILES string of the molecule is NC(c1cc2cccc(Cl)c2o1)c1ccc(F)cc1F. The van der Waals surface area contributed by atoms with Gasteiger partial charge < -0.3 is 10.2 Å². The van der Waals surface area contributed by atoms with E-state index in [0.717, 1.165) is 17.5 Å². The summed E-state index contributed by atoms with van der Waals surface area (Å²) < 4.78 is 32.2. The van der Waals surface area contributed by atoms with Gasteiger partial charge in [-0.2, -0.15) is 0 Å². The summed E-state index contributed by atoms with van der Waals surface area (Å²) in [6.07, 6.45) is 0. The third-order valence-corrected chi connectivity index (χ3v) is 3.42. The summed E-state index contributed by atoms with van der Waals surface area (Å²) in [5.74, 6) is -0.978. The van der Waals surface area contributed by atoms with E-state index in [9.17, 15) is 8.78 Å². The molecular weight excluding hydrogens is 284 g/mol. The first-order chi connectivity index (χ1) is 9.56. The van der Waals surface area contributed by atoms with Crippen molar-refractivity contribution in [2.75, 3.05) is 0 Å². The molecule has 0 amide bonds. The molecule has 0 fully saturated rings. The first-order valence-corrected chi connectivity index (χ1v) is 6.32. The van der Waals surface area contributed by atoms with E-state index in [1.165, 1.54) is 6.07 Å². The van der Waals surface area contributed by atoms with Gasteiger partial charge in [-0.3, -0.25) is 0 Å². The van der Waals surface area contributed by atoms with Crippen LogP contribution in [0.3, 0.4) is 0 Å². The summed E-state index contributed by atoms with van der Waals surface area (Å²) in [6.45, 7) is 0. The van der Waals surface area contributed by atoms with E-state index in [0.29, 0.717) is 16.4 Å². The molecule has 102 valence electrons. The van der Waals surface area contributed by atoms with E-state index in [1.54, 1.807) is 18.2 Å². The van der Waals surface area contributed by atoms with E-state index < -0.39 is 17.7 Å². The second-order valence-corrected chi connectivity index (χ2v) is 4.86. The van der Waals surface area contributed by atoms with Gasteiger partial charge in [-0.1, -0.05) is 29.8 Å².